The molecule has 1 aliphatic rings. The zero-order valence-corrected chi connectivity index (χ0v) is 25.2. The first-order chi connectivity index (χ1) is 21.4. The molecule has 0 saturated carbocycles. The van der Waals surface area contributed by atoms with Crippen molar-refractivity contribution in [3.8, 4) is 5.75 Å². The van der Waals surface area contributed by atoms with E-state index in [4.69, 9.17) is 9.84 Å². The number of carbonyl (C=O) groups is 4. The van der Waals surface area contributed by atoms with Gasteiger partial charge >= 0.3 is 11.9 Å². The fourth-order valence-corrected chi connectivity index (χ4v) is 5.91. The Morgan fingerprint density at radius 2 is 1.76 bits per heavy atom. The van der Waals surface area contributed by atoms with E-state index in [9.17, 15) is 37.3 Å². The van der Waals surface area contributed by atoms with Crippen molar-refractivity contribution in [2.75, 3.05) is 11.9 Å². The molecule has 1 fully saturated rings. The summed E-state index contributed by atoms with van der Waals surface area (Å²) in [5, 5.41) is 21.6. The van der Waals surface area contributed by atoms with Gasteiger partial charge in [0.15, 0.2) is 5.82 Å². The van der Waals surface area contributed by atoms with Crippen molar-refractivity contribution in [3.05, 3.63) is 72.2 Å². The van der Waals surface area contributed by atoms with Gasteiger partial charge in [-0.1, -0.05) is 44.7 Å². The molecular weight excluding hydrogens is 608 g/mol. The van der Waals surface area contributed by atoms with Crippen LogP contribution in [0, 0.1) is 0 Å². The number of anilines is 1. The molecule has 1 aliphatic heterocycles. The van der Waals surface area contributed by atoms with E-state index in [0.717, 1.165) is 25.3 Å². The van der Waals surface area contributed by atoms with Crippen LogP contribution in [-0.2, 0) is 19.7 Å². The van der Waals surface area contributed by atoms with Gasteiger partial charge in [-0.2, -0.15) is 8.42 Å². The molecule has 3 aromatic rings. The van der Waals surface area contributed by atoms with Gasteiger partial charge in [0.25, 0.3) is 16.0 Å². The largest absolute Gasteiger partial charge is 0.488 e. The number of hydrogen-bond donors (Lipinski definition) is 4. The number of likely N-dealkylation sites (tertiary alicyclic amines) is 1. The van der Waals surface area contributed by atoms with Crippen molar-refractivity contribution in [1.29, 1.82) is 0 Å². The Morgan fingerprint density at radius 3 is 2.40 bits per heavy atom. The highest BCUT2D eigenvalue weighted by Crippen LogP contribution is 2.29. The number of ether oxygens (including phenoxy) is 1. The van der Waals surface area contributed by atoms with Crippen molar-refractivity contribution < 1.29 is 47.1 Å². The summed E-state index contributed by atoms with van der Waals surface area (Å²) >= 11 is 0. The lowest BCUT2D eigenvalue weighted by atomic mass is 10.1. The average molecular weight is 643 g/mol. The third kappa shape index (κ3) is 8.25. The normalized spacial score (nSPS) is 17.1. The molecule has 240 valence electrons. The van der Waals surface area contributed by atoms with E-state index in [1.54, 1.807) is 0 Å². The van der Waals surface area contributed by atoms with Crippen molar-refractivity contribution in [1.82, 2.24) is 14.5 Å². The predicted octanol–water partition coefficient (Wildman–Crippen LogP) is 3.72. The Labute approximate surface area is 259 Å². The number of nitrogens with one attached hydrogen (secondary N) is 1. The summed E-state index contributed by atoms with van der Waals surface area (Å²) in [7, 11) is -4.68. The molecular formula is C30H34N4O10S. The van der Waals surface area contributed by atoms with Gasteiger partial charge < -0.3 is 29.7 Å². The molecule has 14 nitrogen and oxygen atoms in total. The molecule has 0 aliphatic carbocycles. The molecule has 1 saturated heterocycles. The number of aromatic nitrogens is 2. The molecule has 4 rings (SSSR count). The van der Waals surface area contributed by atoms with E-state index in [1.807, 2.05) is 6.92 Å². The number of nitrogens with zero attached hydrogens (tertiary/aromatic N) is 3. The van der Waals surface area contributed by atoms with Crippen LogP contribution in [0.5, 0.6) is 5.75 Å². The predicted molar refractivity (Wildman–Crippen MR) is 160 cm³/mol. The molecule has 45 heavy (non-hydrogen) atoms. The minimum atomic E-state index is -4.68. The van der Waals surface area contributed by atoms with Gasteiger partial charge in [0.2, 0.25) is 5.91 Å². The molecule has 2 aromatic carbocycles. The van der Waals surface area contributed by atoms with Gasteiger partial charge in [-0.3, -0.25) is 14.1 Å². The summed E-state index contributed by atoms with van der Waals surface area (Å²) in [5.74, 6) is -3.26. The van der Waals surface area contributed by atoms with Crippen molar-refractivity contribution in [3.63, 3.8) is 0 Å². The second-order valence-corrected chi connectivity index (χ2v) is 12.0. The zero-order valence-electron chi connectivity index (χ0n) is 24.4. The molecule has 0 bridgehead atoms. The maximum atomic E-state index is 14.0. The van der Waals surface area contributed by atoms with Gasteiger partial charge in [0, 0.05) is 12.6 Å². The third-order valence-electron chi connectivity index (χ3n) is 7.46. The lowest BCUT2D eigenvalue weighted by Crippen LogP contribution is -2.44. The van der Waals surface area contributed by atoms with Gasteiger partial charge in [0.1, 0.15) is 28.8 Å². The quantitative estimate of drug-likeness (QED) is 0.147. The van der Waals surface area contributed by atoms with Crippen LogP contribution in [-0.4, -0.2) is 80.1 Å². The first-order valence-corrected chi connectivity index (χ1v) is 15.8. The lowest BCUT2D eigenvalue weighted by molar-refractivity contribution is -0.149. The second kappa shape index (κ2) is 14.3. The first kappa shape index (κ1) is 33.1. The number of carboxylic acids is 2. The van der Waals surface area contributed by atoms with Crippen LogP contribution >= 0.6 is 0 Å². The van der Waals surface area contributed by atoms with Gasteiger partial charge in [-0.15, -0.1) is 0 Å². The fraction of sp³-hybridized carbons (Fsp3) is 0.367. The first-order valence-electron chi connectivity index (χ1n) is 14.3. The summed E-state index contributed by atoms with van der Waals surface area (Å²) < 4.78 is 40.4. The lowest BCUT2D eigenvalue weighted by Gasteiger charge is -2.27. The van der Waals surface area contributed by atoms with Crippen molar-refractivity contribution in [2.24, 2.45) is 0 Å². The number of rotatable bonds is 14. The number of unbranched alkanes of at least 4 members (excludes halogenated alkanes) is 3. The van der Waals surface area contributed by atoms with Crippen molar-refractivity contribution in [2.45, 2.75) is 68.5 Å². The molecule has 2 amide bonds. The molecule has 0 unspecified atom stereocenters. The molecule has 3 atom stereocenters. The molecule has 1 aromatic heterocycles. The van der Waals surface area contributed by atoms with E-state index in [1.165, 1.54) is 64.5 Å². The minimum absolute atomic E-state index is 0.0127. The molecule has 15 heteroatoms. The number of carboxylic acid groups (broad SMARTS) is 2. The summed E-state index contributed by atoms with van der Waals surface area (Å²) in [6.45, 7) is 2.03. The molecule has 0 spiro atoms. The van der Waals surface area contributed by atoms with Crippen LogP contribution in [0.3, 0.4) is 0 Å². The highest BCUT2D eigenvalue weighted by atomic mass is 32.2. The SMILES string of the molecule is CCCCCC[C@H](C(=O)N1C[C@@H](Oc2ccc(C(=O)O)cc2)C[C@H]1C(=O)O)n1cnc(NC(=O)c2ccccc2S(=O)(=O)O)c1. The molecule has 2 heterocycles. The highest BCUT2D eigenvalue weighted by molar-refractivity contribution is 7.86. The van der Waals surface area contributed by atoms with E-state index in [0.29, 0.717) is 18.6 Å². The van der Waals surface area contributed by atoms with Gasteiger partial charge in [-0.25, -0.2) is 14.6 Å². The Hall–Kier alpha value is -4.76. The van der Waals surface area contributed by atoms with Crippen LogP contribution in [0.1, 0.15) is 72.2 Å². The number of benzene rings is 2. The number of carbonyl (C=O) groups excluding carboxylic acids is 2. The van der Waals surface area contributed by atoms with Gasteiger partial charge in [-0.05, 0) is 42.8 Å². The summed E-state index contributed by atoms with van der Waals surface area (Å²) in [6, 6.07) is 8.76. The van der Waals surface area contributed by atoms with Crippen molar-refractivity contribution >= 4 is 39.7 Å². The van der Waals surface area contributed by atoms with Crippen LogP contribution in [0.25, 0.3) is 0 Å². The Morgan fingerprint density at radius 1 is 1.04 bits per heavy atom. The number of aromatic carboxylic acids is 1. The van der Waals surface area contributed by atoms with Crippen LogP contribution < -0.4 is 10.1 Å². The number of aliphatic carboxylic acids is 1. The van der Waals surface area contributed by atoms with E-state index in [2.05, 4.69) is 10.3 Å². The second-order valence-electron chi connectivity index (χ2n) is 10.6. The molecule has 4 N–H and O–H groups in total. The minimum Gasteiger partial charge on any atom is -0.488 e. The summed E-state index contributed by atoms with van der Waals surface area (Å²) in [4.78, 5) is 55.0. The van der Waals surface area contributed by atoms with Crippen LogP contribution in [0.4, 0.5) is 5.82 Å². The topological polar surface area (TPSA) is 205 Å². The standard InChI is InChI=1S/C30H34N4O10S/c1-2-3-4-5-9-23(33-17-26(31-18-33)32-27(35)22-8-6-7-10-25(22)45(41,42)43)28(36)34-16-21(15-24(34)30(39)40)44-20-13-11-19(12-14-20)29(37)38/h6-8,10-14,17-18,21,23-24H,2-5,9,15-16H2,1H3,(H,32,35)(H,37,38)(H,39,40)(H,41,42,43)/t21-,23+,24-/m0/s1. The zero-order chi connectivity index (χ0) is 32.7. The monoisotopic (exact) mass is 642 g/mol. The highest BCUT2D eigenvalue weighted by Gasteiger charge is 2.43. The Kier molecular flexibility index (Phi) is 10.6. The Bertz CT molecular complexity index is 1650. The number of amides is 2. The summed E-state index contributed by atoms with van der Waals surface area (Å²) in [6.07, 6.45) is 5.85. The maximum absolute atomic E-state index is 14.0. The smallest absolute Gasteiger partial charge is 0.335 e. The fourth-order valence-electron chi connectivity index (χ4n) is 5.22. The number of hydrogen-bond acceptors (Lipinski definition) is 8. The third-order valence-corrected chi connectivity index (χ3v) is 8.38. The summed E-state index contributed by atoms with van der Waals surface area (Å²) in [5.41, 5.74) is -0.231. The molecule has 0 radical (unpaired) electrons. The van der Waals surface area contributed by atoms with Crippen LogP contribution in [0.15, 0.2) is 66.0 Å². The maximum Gasteiger partial charge on any atom is 0.335 e. The number of imidazole rings is 1. The Balaban J connectivity index is 1.54. The van der Waals surface area contributed by atoms with Gasteiger partial charge in [0.05, 0.1) is 24.0 Å². The van der Waals surface area contributed by atoms with Crippen LogP contribution in [0.2, 0.25) is 0 Å². The van der Waals surface area contributed by atoms with E-state index in [-0.39, 0.29) is 29.9 Å². The van der Waals surface area contributed by atoms with E-state index < -0.39 is 57.0 Å². The average Bonchev–Trinajstić information content (AvgIpc) is 3.64. The van der Waals surface area contributed by atoms with E-state index >= 15 is 0 Å².